The summed E-state index contributed by atoms with van der Waals surface area (Å²) in [4.78, 5) is 24.5. The molecule has 2 aromatic heterocycles. The van der Waals surface area contributed by atoms with E-state index in [2.05, 4.69) is 4.98 Å². The van der Waals surface area contributed by atoms with Crippen molar-refractivity contribution in [3.8, 4) is 5.75 Å². The molecule has 0 aliphatic carbocycles. The molecule has 5 rings (SSSR count). The SMILES string of the molecule is COc1ccc2nc(N(CCCn3ccnc3)C(=O)c3cccc4ccccc34)sc2c1.Cl. The maximum atomic E-state index is 13.8. The molecule has 6 nitrogen and oxygen atoms in total. The lowest BCUT2D eigenvalue weighted by Crippen LogP contribution is -2.32. The van der Waals surface area contributed by atoms with Crippen LogP contribution in [-0.2, 0) is 6.54 Å². The lowest BCUT2D eigenvalue weighted by molar-refractivity contribution is 0.0988. The Labute approximate surface area is 201 Å². The molecule has 0 bridgehead atoms. The summed E-state index contributed by atoms with van der Waals surface area (Å²) in [6.07, 6.45) is 6.27. The third-order valence-corrected chi connectivity index (χ3v) is 6.48. The summed E-state index contributed by atoms with van der Waals surface area (Å²) in [7, 11) is 1.65. The predicted octanol–water partition coefficient (Wildman–Crippen LogP) is 5.81. The van der Waals surface area contributed by atoms with Crippen LogP contribution < -0.4 is 9.64 Å². The summed E-state index contributed by atoms with van der Waals surface area (Å²) >= 11 is 1.51. The number of methoxy groups -OCH3 is 1. The molecule has 33 heavy (non-hydrogen) atoms. The Hall–Kier alpha value is -3.42. The second-order valence-corrected chi connectivity index (χ2v) is 8.48. The van der Waals surface area contributed by atoms with Crippen molar-refractivity contribution in [2.45, 2.75) is 13.0 Å². The van der Waals surface area contributed by atoms with Crippen LogP contribution in [0.25, 0.3) is 21.0 Å². The second kappa shape index (κ2) is 10.0. The van der Waals surface area contributed by atoms with E-state index in [9.17, 15) is 4.79 Å². The fraction of sp³-hybridized carbons (Fsp3) is 0.160. The number of hydrogen-bond donors (Lipinski definition) is 0. The Morgan fingerprint density at radius 3 is 2.79 bits per heavy atom. The van der Waals surface area contributed by atoms with Gasteiger partial charge in [-0.1, -0.05) is 47.7 Å². The zero-order valence-corrected chi connectivity index (χ0v) is 19.7. The minimum Gasteiger partial charge on any atom is -0.497 e. The number of rotatable bonds is 7. The van der Waals surface area contributed by atoms with Gasteiger partial charge in [0.15, 0.2) is 5.13 Å². The van der Waals surface area contributed by atoms with Gasteiger partial charge in [-0.25, -0.2) is 9.97 Å². The topological polar surface area (TPSA) is 60.2 Å². The molecule has 8 heteroatoms. The van der Waals surface area contributed by atoms with E-state index in [1.54, 1.807) is 24.5 Å². The number of fused-ring (bicyclic) bond motifs is 2. The molecule has 0 aliphatic rings. The van der Waals surface area contributed by atoms with Crippen LogP contribution in [0.3, 0.4) is 0 Å². The van der Waals surface area contributed by atoms with Crippen LogP contribution in [0.1, 0.15) is 16.8 Å². The van der Waals surface area contributed by atoms with Crippen molar-refractivity contribution in [3.63, 3.8) is 0 Å². The Morgan fingerprint density at radius 1 is 1.12 bits per heavy atom. The number of benzene rings is 3. The minimum absolute atomic E-state index is 0. The first-order valence-electron chi connectivity index (χ1n) is 10.4. The summed E-state index contributed by atoms with van der Waals surface area (Å²) in [5.41, 5.74) is 1.54. The number of anilines is 1. The minimum atomic E-state index is -0.0431. The van der Waals surface area contributed by atoms with E-state index in [-0.39, 0.29) is 18.3 Å². The summed E-state index contributed by atoms with van der Waals surface area (Å²) in [5.74, 6) is 0.734. The zero-order chi connectivity index (χ0) is 21.9. The largest absolute Gasteiger partial charge is 0.497 e. The van der Waals surface area contributed by atoms with Gasteiger partial charge >= 0.3 is 0 Å². The number of halogens is 1. The summed E-state index contributed by atoms with van der Waals surface area (Å²) in [6, 6.07) is 19.6. The number of carbonyl (C=O) groups is 1. The van der Waals surface area contributed by atoms with Gasteiger partial charge in [-0.15, -0.1) is 12.4 Å². The van der Waals surface area contributed by atoms with Crippen molar-refractivity contribution >= 4 is 55.8 Å². The summed E-state index contributed by atoms with van der Waals surface area (Å²) in [5, 5.41) is 2.69. The third-order valence-electron chi connectivity index (χ3n) is 5.44. The van der Waals surface area contributed by atoms with E-state index >= 15 is 0 Å². The van der Waals surface area contributed by atoms with Crippen molar-refractivity contribution in [1.29, 1.82) is 0 Å². The predicted molar refractivity (Wildman–Crippen MR) is 136 cm³/mol. The number of carbonyl (C=O) groups excluding carboxylic acids is 1. The first-order valence-corrected chi connectivity index (χ1v) is 11.2. The highest BCUT2D eigenvalue weighted by atomic mass is 35.5. The van der Waals surface area contributed by atoms with Crippen molar-refractivity contribution in [2.75, 3.05) is 18.6 Å². The molecule has 0 atom stereocenters. The highest BCUT2D eigenvalue weighted by Crippen LogP contribution is 2.33. The number of aryl methyl sites for hydroxylation is 1. The van der Waals surface area contributed by atoms with E-state index in [4.69, 9.17) is 9.72 Å². The molecular weight excluding hydrogens is 456 g/mol. The summed E-state index contributed by atoms with van der Waals surface area (Å²) < 4.78 is 8.36. The Morgan fingerprint density at radius 2 is 1.97 bits per heavy atom. The van der Waals surface area contributed by atoms with Crippen LogP contribution in [0, 0.1) is 0 Å². The van der Waals surface area contributed by atoms with E-state index in [0.29, 0.717) is 17.2 Å². The molecule has 1 amide bonds. The molecule has 0 spiro atoms. The number of thiazole rings is 1. The monoisotopic (exact) mass is 478 g/mol. The van der Waals surface area contributed by atoms with Gasteiger partial charge in [0.05, 0.1) is 23.7 Å². The molecule has 0 unspecified atom stereocenters. The number of nitrogens with zero attached hydrogens (tertiary/aromatic N) is 4. The average Bonchev–Trinajstić information content (AvgIpc) is 3.50. The standard InChI is InChI=1S/C25H22N4O2S.ClH/c1-31-19-10-11-22-23(16-19)32-25(27-22)29(14-5-13-28-15-12-26-17-28)24(30)21-9-4-7-18-6-2-3-8-20(18)21;/h2-4,6-12,15-17H,5,13-14H2,1H3;1H. The van der Waals surface area contributed by atoms with Gasteiger partial charge in [0.1, 0.15) is 5.75 Å². The normalized spacial score (nSPS) is 10.8. The molecule has 0 aliphatic heterocycles. The van der Waals surface area contributed by atoms with Crippen molar-refractivity contribution in [2.24, 2.45) is 0 Å². The summed E-state index contributed by atoms with van der Waals surface area (Å²) in [6.45, 7) is 1.33. The molecule has 3 aromatic carbocycles. The fourth-order valence-corrected chi connectivity index (χ4v) is 4.83. The van der Waals surface area contributed by atoms with Crippen molar-refractivity contribution in [1.82, 2.24) is 14.5 Å². The van der Waals surface area contributed by atoms with Crippen LogP contribution in [-0.4, -0.2) is 34.1 Å². The molecule has 0 N–H and O–H groups in total. The first-order chi connectivity index (χ1) is 15.7. The second-order valence-electron chi connectivity index (χ2n) is 7.47. The van der Waals surface area contributed by atoms with Gasteiger partial charge in [0.2, 0.25) is 0 Å². The number of ether oxygens (including phenoxy) is 1. The molecule has 0 saturated heterocycles. The Kier molecular flexibility index (Phi) is 6.91. The van der Waals surface area contributed by atoms with E-state index in [1.807, 2.05) is 71.4 Å². The van der Waals surface area contributed by atoms with Gasteiger partial charge in [-0.05, 0) is 41.5 Å². The molecule has 168 valence electrons. The molecule has 2 heterocycles. The van der Waals surface area contributed by atoms with E-state index in [0.717, 1.165) is 39.7 Å². The molecular formula is C25H23ClN4O2S. The molecule has 0 saturated carbocycles. The van der Waals surface area contributed by atoms with E-state index < -0.39 is 0 Å². The van der Waals surface area contributed by atoms with Crippen LogP contribution in [0.4, 0.5) is 5.13 Å². The van der Waals surface area contributed by atoms with Crippen molar-refractivity contribution < 1.29 is 9.53 Å². The smallest absolute Gasteiger partial charge is 0.260 e. The first kappa shape index (κ1) is 22.8. The number of imidazole rings is 1. The maximum Gasteiger partial charge on any atom is 0.260 e. The van der Waals surface area contributed by atoms with E-state index in [1.165, 1.54) is 11.3 Å². The van der Waals surface area contributed by atoms with Crippen LogP contribution in [0.5, 0.6) is 5.75 Å². The van der Waals surface area contributed by atoms with Gasteiger partial charge in [-0.3, -0.25) is 9.69 Å². The molecule has 5 aromatic rings. The van der Waals surface area contributed by atoms with Crippen LogP contribution >= 0.6 is 23.7 Å². The Bertz CT molecular complexity index is 1380. The van der Waals surface area contributed by atoms with Crippen LogP contribution in [0.15, 0.2) is 79.4 Å². The lowest BCUT2D eigenvalue weighted by Gasteiger charge is -2.21. The highest BCUT2D eigenvalue weighted by molar-refractivity contribution is 7.22. The number of aromatic nitrogens is 3. The van der Waals surface area contributed by atoms with Crippen molar-refractivity contribution in [3.05, 3.63) is 84.9 Å². The van der Waals surface area contributed by atoms with Crippen LogP contribution in [0.2, 0.25) is 0 Å². The Balaban J connectivity index is 0.00000259. The average molecular weight is 479 g/mol. The van der Waals surface area contributed by atoms with Gasteiger partial charge in [0, 0.05) is 31.0 Å². The third kappa shape index (κ3) is 4.69. The van der Waals surface area contributed by atoms with Gasteiger partial charge in [0.25, 0.3) is 5.91 Å². The molecule has 0 radical (unpaired) electrons. The number of amides is 1. The molecule has 0 fully saturated rings. The fourth-order valence-electron chi connectivity index (χ4n) is 3.81. The highest BCUT2D eigenvalue weighted by Gasteiger charge is 2.22. The number of hydrogen-bond acceptors (Lipinski definition) is 5. The zero-order valence-electron chi connectivity index (χ0n) is 18.0. The van der Waals surface area contributed by atoms with Gasteiger partial charge < -0.3 is 9.30 Å². The lowest BCUT2D eigenvalue weighted by atomic mass is 10.0. The maximum absolute atomic E-state index is 13.8. The quantitative estimate of drug-likeness (QED) is 0.296. The van der Waals surface area contributed by atoms with Gasteiger partial charge in [-0.2, -0.15) is 0 Å².